The molecule has 2 aliphatic rings. The van der Waals surface area contributed by atoms with E-state index in [0.717, 1.165) is 66.7 Å². The molecule has 5 aromatic rings. The molecule has 2 aliphatic heterocycles. The smallest absolute Gasteiger partial charge is 0.272 e. The van der Waals surface area contributed by atoms with Crippen molar-refractivity contribution < 1.29 is 23.9 Å². The van der Waals surface area contributed by atoms with Crippen molar-refractivity contribution in [3.63, 3.8) is 0 Å². The summed E-state index contributed by atoms with van der Waals surface area (Å²) in [5.41, 5.74) is 13.5. The quantitative estimate of drug-likeness (QED) is 0.0594. The van der Waals surface area contributed by atoms with Crippen LogP contribution in [0.15, 0.2) is 90.2 Å². The molecule has 3 aromatic carbocycles. The van der Waals surface area contributed by atoms with E-state index in [2.05, 4.69) is 15.6 Å². The molecular formula is C45H49N7O5. The lowest BCUT2D eigenvalue weighted by Gasteiger charge is -2.32. The van der Waals surface area contributed by atoms with Crippen LogP contribution in [-0.2, 0) is 25.3 Å². The number of amides is 3. The van der Waals surface area contributed by atoms with Crippen molar-refractivity contribution in [2.75, 3.05) is 29.5 Å². The number of ketones is 1. The molecule has 0 unspecified atom stereocenters. The minimum atomic E-state index is -0.227. The van der Waals surface area contributed by atoms with Crippen molar-refractivity contribution in [2.45, 2.75) is 64.3 Å². The van der Waals surface area contributed by atoms with Crippen molar-refractivity contribution in [2.24, 2.45) is 19.1 Å². The van der Waals surface area contributed by atoms with Gasteiger partial charge in [-0.3, -0.25) is 24.2 Å². The van der Waals surface area contributed by atoms with Gasteiger partial charge < -0.3 is 35.1 Å². The Morgan fingerprint density at radius 2 is 1.61 bits per heavy atom. The fraction of sp³-hybridized carbons (Fsp3) is 0.311. The minimum absolute atomic E-state index is 0.0424. The van der Waals surface area contributed by atoms with Gasteiger partial charge >= 0.3 is 0 Å². The van der Waals surface area contributed by atoms with E-state index in [9.17, 15) is 19.2 Å². The number of carbonyl (C=O) groups excluding carboxylic acids is 4. The van der Waals surface area contributed by atoms with Gasteiger partial charge in [0.2, 0.25) is 5.91 Å². The molecule has 0 aliphatic carbocycles. The lowest BCUT2D eigenvalue weighted by atomic mass is 10.0. The second kappa shape index (κ2) is 17.2. The maximum Gasteiger partial charge on any atom is 0.272 e. The zero-order valence-electron chi connectivity index (χ0n) is 32.7. The number of carbonyl (C=O) groups is 4. The standard InChI is InChI=1S/C45H49N7O5/c1-29-21-37-38(47-26-36-9-6-7-19-52(36)45(37)56)25-42(29)57-20-8-4-5-10-43(54)48-35-24-39(51(3)28-35)41(53)22-30-11-13-31(14-12-30)32-23-40(50(2)27-32)44(55)49-34-17-15-33(46)16-18-34/h11-18,21,23-28,36H,4-10,19-20,22,46H2,1-3H3,(H,48,54)(H,49,55)/t36-/m0/s1. The molecule has 0 bridgehead atoms. The molecule has 2 aromatic heterocycles. The molecule has 3 amide bonds. The molecule has 57 heavy (non-hydrogen) atoms. The molecule has 7 rings (SSSR count). The first-order valence-corrected chi connectivity index (χ1v) is 19.6. The Morgan fingerprint density at radius 3 is 2.40 bits per heavy atom. The van der Waals surface area contributed by atoms with Crippen LogP contribution < -0.4 is 21.1 Å². The molecule has 4 N–H and O–H groups in total. The van der Waals surface area contributed by atoms with Crippen LogP contribution in [0.1, 0.15) is 87.4 Å². The summed E-state index contributed by atoms with van der Waals surface area (Å²) in [6, 6.07) is 22.1. The number of hydrogen-bond acceptors (Lipinski definition) is 7. The maximum atomic E-state index is 13.3. The summed E-state index contributed by atoms with van der Waals surface area (Å²) in [5, 5.41) is 5.83. The highest BCUT2D eigenvalue weighted by Crippen LogP contribution is 2.34. The fourth-order valence-electron chi connectivity index (χ4n) is 7.48. The summed E-state index contributed by atoms with van der Waals surface area (Å²) in [5.74, 6) is 0.368. The van der Waals surface area contributed by atoms with Crippen molar-refractivity contribution >= 4 is 52.5 Å². The van der Waals surface area contributed by atoms with Gasteiger partial charge in [0.05, 0.1) is 35.3 Å². The predicted octanol–water partition coefficient (Wildman–Crippen LogP) is 7.89. The number of aryl methyl sites for hydroxylation is 3. The number of aliphatic imine (C=N–C) groups is 1. The topological polar surface area (TPSA) is 153 Å². The first kappa shape index (κ1) is 38.8. The molecule has 4 heterocycles. The number of aromatic nitrogens is 2. The third-order valence-electron chi connectivity index (χ3n) is 10.7. The van der Waals surface area contributed by atoms with Gasteiger partial charge in [0.1, 0.15) is 11.4 Å². The van der Waals surface area contributed by atoms with Gasteiger partial charge in [-0.2, -0.15) is 0 Å². The summed E-state index contributed by atoms with van der Waals surface area (Å²) < 4.78 is 9.61. The number of nitrogens with two attached hydrogens (primary N) is 1. The fourth-order valence-corrected chi connectivity index (χ4v) is 7.48. The number of piperidine rings is 1. The molecule has 12 heteroatoms. The van der Waals surface area contributed by atoms with Crippen LogP contribution in [0.5, 0.6) is 5.75 Å². The van der Waals surface area contributed by atoms with E-state index >= 15 is 0 Å². The van der Waals surface area contributed by atoms with E-state index in [0.29, 0.717) is 59.1 Å². The van der Waals surface area contributed by atoms with E-state index in [-0.39, 0.29) is 36.0 Å². The minimum Gasteiger partial charge on any atom is -0.493 e. The van der Waals surface area contributed by atoms with Crippen molar-refractivity contribution in [3.05, 3.63) is 113 Å². The second-order valence-corrected chi connectivity index (χ2v) is 15.0. The third kappa shape index (κ3) is 9.18. The van der Waals surface area contributed by atoms with Crippen LogP contribution in [0, 0.1) is 6.92 Å². The van der Waals surface area contributed by atoms with Crippen LogP contribution in [0.2, 0.25) is 0 Å². The zero-order valence-corrected chi connectivity index (χ0v) is 32.7. The highest BCUT2D eigenvalue weighted by molar-refractivity contribution is 6.04. The van der Waals surface area contributed by atoms with Crippen LogP contribution >= 0.6 is 0 Å². The number of nitrogen functional groups attached to an aromatic ring is 1. The number of anilines is 3. The largest absolute Gasteiger partial charge is 0.493 e. The van der Waals surface area contributed by atoms with E-state index in [1.807, 2.05) is 73.7 Å². The molecular weight excluding hydrogens is 719 g/mol. The average molecular weight is 768 g/mol. The number of ether oxygens (including phenoxy) is 1. The van der Waals surface area contributed by atoms with Crippen LogP contribution in [0.4, 0.5) is 22.7 Å². The number of unbranched alkanes of at least 4 members (excludes halogenated alkanes) is 2. The third-order valence-corrected chi connectivity index (χ3v) is 10.7. The molecule has 1 saturated heterocycles. The summed E-state index contributed by atoms with van der Waals surface area (Å²) in [6.07, 6.45) is 11.5. The molecule has 294 valence electrons. The Kier molecular flexibility index (Phi) is 11.7. The maximum absolute atomic E-state index is 13.3. The van der Waals surface area contributed by atoms with Crippen molar-refractivity contribution in [1.29, 1.82) is 0 Å². The number of fused-ring (bicyclic) bond motifs is 2. The predicted molar refractivity (Wildman–Crippen MR) is 224 cm³/mol. The van der Waals surface area contributed by atoms with E-state index in [1.54, 1.807) is 52.7 Å². The van der Waals surface area contributed by atoms with Crippen LogP contribution in [0.25, 0.3) is 11.1 Å². The molecule has 0 radical (unpaired) electrons. The Bertz CT molecular complexity index is 2320. The highest BCUT2D eigenvalue weighted by Gasteiger charge is 2.30. The molecule has 0 saturated carbocycles. The normalized spacial score (nSPS) is 14.8. The monoisotopic (exact) mass is 767 g/mol. The summed E-state index contributed by atoms with van der Waals surface area (Å²) >= 11 is 0. The van der Waals surface area contributed by atoms with Crippen LogP contribution in [0.3, 0.4) is 0 Å². The van der Waals surface area contributed by atoms with Gasteiger partial charge in [0, 0.05) is 75.1 Å². The van der Waals surface area contributed by atoms with Gasteiger partial charge in [0.25, 0.3) is 11.8 Å². The van der Waals surface area contributed by atoms with E-state index < -0.39 is 0 Å². The lowest BCUT2D eigenvalue weighted by molar-refractivity contribution is -0.116. The SMILES string of the molecule is Cc1cc2c(cc1OCCCCCC(=O)Nc1cc(C(=O)Cc3ccc(-c4cc(C(=O)Nc5ccc(N)cc5)n(C)c4)cc3)n(C)c1)N=C[C@@H]1CCCCN1C2=O. The summed E-state index contributed by atoms with van der Waals surface area (Å²) in [6.45, 7) is 3.22. The number of hydrogen-bond donors (Lipinski definition) is 3. The number of nitrogens with zero attached hydrogens (tertiary/aromatic N) is 4. The average Bonchev–Trinajstić information content (AvgIpc) is 3.74. The highest BCUT2D eigenvalue weighted by atomic mass is 16.5. The van der Waals surface area contributed by atoms with Gasteiger partial charge in [-0.15, -0.1) is 0 Å². The number of benzene rings is 3. The molecule has 0 spiro atoms. The number of Topliss-reactive ketones (excluding diaryl/α,β-unsaturated/α-hetero) is 1. The van der Waals surface area contributed by atoms with Crippen LogP contribution in [-0.4, -0.2) is 62.9 Å². The van der Waals surface area contributed by atoms with Crippen molar-refractivity contribution in [1.82, 2.24) is 14.0 Å². The van der Waals surface area contributed by atoms with E-state index in [1.165, 1.54) is 0 Å². The van der Waals surface area contributed by atoms with Gasteiger partial charge in [0.15, 0.2) is 5.78 Å². The number of nitrogens with one attached hydrogen (secondary N) is 2. The Balaban J connectivity index is 0.847. The Morgan fingerprint density at radius 1 is 0.842 bits per heavy atom. The number of rotatable bonds is 14. The molecule has 1 fully saturated rings. The van der Waals surface area contributed by atoms with Gasteiger partial charge in [-0.25, -0.2) is 0 Å². The summed E-state index contributed by atoms with van der Waals surface area (Å²) in [4.78, 5) is 58.8. The lowest BCUT2D eigenvalue weighted by Crippen LogP contribution is -2.43. The second-order valence-electron chi connectivity index (χ2n) is 15.0. The molecule has 1 atom stereocenters. The zero-order chi connectivity index (χ0) is 40.1. The Hall–Kier alpha value is -6.43. The van der Waals surface area contributed by atoms with Gasteiger partial charge in [-0.05, 0) is 105 Å². The van der Waals surface area contributed by atoms with Gasteiger partial charge in [-0.1, -0.05) is 24.3 Å². The first-order valence-electron chi connectivity index (χ1n) is 19.6. The molecule has 12 nitrogen and oxygen atoms in total. The Labute approximate surface area is 332 Å². The first-order chi connectivity index (χ1) is 27.5. The summed E-state index contributed by atoms with van der Waals surface area (Å²) in [7, 11) is 3.62. The van der Waals surface area contributed by atoms with E-state index in [4.69, 9.17) is 10.5 Å². The van der Waals surface area contributed by atoms with Crippen molar-refractivity contribution in [3.8, 4) is 16.9 Å².